The summed E-state index contributed by atoms with van der Waals surface area (Å²) < 4.78 is 0. The van der Waals surface area contributed by atoms with Crippen LogP contribution < -0.4 is 4.90 Å². The summed E-state index contributed by atoms with van der Waals surface area (Å²) in [4.78, 5) is 5.17. The Morgan fingerprint density at radius 1 is 0.933 bits per heavy atom. The zero-order chi connectivity index (χ0) is 10.1. The molecule has 2 aliphatic heterocycles. The van der Waals surface area contributed by atoms with E-state index in [0.717, 1.165) is 0 Å². The van der Waals surface area contributed by atoms with Crippen LogP contribution in [0, 0.1) is 0 Å². The lowest BCUT2D eigenvalue weighted by Crippen LogP contribution is -2.57. The minimum atomic E-state index is 0.690. The number of hydrogen-bond donors (Lipinski definition) is 0. The van der Waals surface area contributed by atoms with Crippen LogP contribution in [0.5, 0.6) is 0 Å². The monoisotopic (exact) mass is 202 g/mol. The summed E-state index contributed by atoms with van der Waals surface area (Å²) in [5.41, 5.74) is 1.39. The third kappa shape index (κ3) is 1.63. The Labute approximate surface area is 91.5 Å². The third-order valence-corrected chi connectivity index (χ3v) is 3.64. The quantitative estimate of drug-likeness (QED) is 0.726. The van der Waals surface area contributed by atoms with Crippen molar-refractivity contribution in [1.29, 1.82) is 0 Å². The van der Waals surface area contributed by atoms with Crippen LogP contribution >= 0.6 is 0 Å². The molecular weight excluding hydrogens is 184 g/mol. The number of likely N-dealkylation sites (tertiary alicyclic amines) is 1. The fraction of sp³-hybridized carbons (Fsp3) is 0.538. The molecule has 1 unspecified atom stereocenters. The number of anilines is 1. The highest BCUT2D eigenvalue weighted by molar-refractivity contribution is 5.49. The SMILES string of the molecule is c1ccc(N2CCC2N2CCCC2)cc1. The molecule has 0 aromatic heterocycles. The Morgan fingerprint density at radius 3 is 2.27 bits per heavy atom. The molecule has 2 fully saturated rings. The van der Waals surface area contributed by atoms with E-state index in [2.05, 4.69) is 40.1 Å². The minimum absolute atomic E-state index is 0.690. The smallest absolute Gasteiger partial charge is 0.0837 e. The maximum atomic E-state index is 2.64. The number of nitrogens with zero attached hydrogens (tertiary/aromatic N) is 2. The lowest BCUT2D eigenvalue weighted by molar-refractivity contribution is 0.177. The molecule has 0 saturated carbocycles. The summed E-state index contributed by atoms with van der Waals surface area (Å²) in [6.07, 6.45) is 4.81. The van der Waals surface area contributed by atoms with Gasteiger partial charge in [-0.3, -0.25) is 4.90 Å². The van der Waals surface area contributed by atoms with Gasteiger partial charge in [0.2, 0.25) is 0 Å². The lowest BCUT2D eigenvalue weighted by Gasteiger charge is -2.47. The van der Waals surface area contributed by atoms with Gasteiger partial charge in [-0.15, -0.1) is 0 Å². The van der Waals surface area contributed by atoms with Crippen LogP contribution in [-0.4, -0.2) is 30.7 Å². The molecular formula is C13H18N2. The summed E-state index contributed by atoms with van der Waals surface area (Å²) in [7, 11) is 0. The third-order valence-electron chi connectivity index (χ3n) is 3.64. The first kappa shape index (κ1) is 9.22. The highest BCUT2D eigenvalue weighted by atomic mass is 15.4. The van der Waals surface area contributed by atoms with E-state index < -0.39 is 0 Å². The van der Waals surface area contributed by atoms with Gasteiger partial charge in [-0.2, -0.15) is 0 Å². The van der Waals surface area contributed by atoms with Crippen LogP contribution in [0.15, 0.2) is 30.3 Å². The molecule has 2 heterocycles. The molecule has 0 radical (unpaired) electrons. The molecule has 80 valence electrons. The van der Waals surface area contributed by atoms with Gasteiger partial charge in [-0.25, -0.2) is 0 Å². The molecule has 1 aromatic carbocycles. The fourth-order valence-electron chi connectivity index (χ4n) is 2.71. The first-order valence-corrected chi connectivity index (χ1v) is 6.01. The van der Waals surface area contributed by atoms with Crippen molar-refractivity contribution in [2.24, 2.45) is 0 Å². The zero-order valence-electron chi connectivity index (χ0n) is 9.10. The second kappa shape index (κ2) is 3.86. The van der Waals surface area contributed by atoms with Crippen LogP contribution in [0.3, 0.4) is 0 Å². The average Bonchev–Trinajstić information content (AvgIpc) is 2.71. The molecule has 2 nitrogen and oxygen atoms in total. The van der Waals surface area contributed by atoms with E-state index in [0.29, 0.717) is 6.17 Å². The van der Waals surface area contributed by atoms with Crippen molar-refractivity contribution in [3.63, 3.8) is 0 Å². The van der Waals surface area contributed by atoms with Gasteiger partial charge < -0.3 is 4.90 Å². The maximum absolute atomic E-state index is 2.64. The second-order valence-corrected chi connectivity index (χ2v) is 4.54. The van der Waals surface area contributed by atoms with E-state index in [4.69, 9.17) is 0 Å². The van der Waals surface area contributed by atoms with Crippen LogP contribution in [0.25, 0.3) is 0 Å². The lowest BCUT2D eigenvalue weighted by atomic mass is 10.1. The van der Waals surface area contributed by atoms with Gasteiger partial charge in [0.1, 0.15) is 0 Å². The molecule has 2 aliphatic rings. The van der Waals surface area contributed by atoms with E-state index >= 15 is 0 Å². The van der Waals surface area contributed by atoms with Crippen LogP contribution in [0.2, 0.25) is 0 Å². The molecule has 2 heteroatoms. The predicted octanol–water partition coefficient (Wildman–Crippen LogP) is 2.32. The van der Waals surface area contributed by atoms with Crippen molar-refractivity contribution in [2.45, 2.75) is 25.4 Å². The predicted molar refractivity (Wildman–Crippen MR) is 63.0 cm³/mol. The Morgan fingerprint density at radius 2 is 1.67 bits per heavy atom. The highest BCUT2D eigenvalue weighted by Gasteiger charge is 2.34. The van der Waals surface area contributed by atoms with E-state index in [1.165, 1.54) is 44.6 Å². The van der Waals surface area contributed by atoms with Crippen molar-refractivity contribution in [1.82, 2.24) is 4.90 Å². The van der Waals surface area contributed by atoms with Crippen molar-refractivity contribution in [3.05, 3.63) is 30.3 Å². The number of rotatable bonds is 2. The van der Waals surface area contributed by atoms with Crippen molar-refractivity contribution in [2.75, 3.05) is 24.5 Å². The largest absolute Gasteiger partial charge is 0.356 e. The van der Waals surface area contributed by atoms with Crippen LogP contribution in [0.1, 0.15) is 19.3 Å². The van der Waals surface area contributed by atoms with E-state index in [9.17, 15) is 0 Å². The molecule has 0 amide bonds. The molecule has 1 atom stereocenters. The first-order valence-electron chi connectivity index (χ1n) is 6.01. The Bertz CT molecular complexity index is 317. The summed E-state index contributed by atoms with van der Waals surface area (Å²) in [5, 5.41) is 0. The number of para-hydroxylation sites is 1. The van der Waals surface area contributed by atoms with Gasteiger partial charge in [-0.1, -0.05) is 18.2 Å². The molecule has 0 spiro atoms. The summed E-state index contributed by atoms with van der Waals surface area (Å²) >= 11 is 0. The van der Waals surface area contributed by atoms with Crippen LogP contribution in [-0.2, 0) is 0 Å². The molecule has 0 aliphatic carbocycles. The van der Waals surface area contributed by atoms with Gasteiger partial charge in [0, 0.05) is 25.3 Å². The summed E-state index contributed by atoms with van der Waals surface area (Å²) in [6.45, 7) is 3.83. The Hall–Kier alpha value is -1.02. The second-order valence-electron chi connectivity index (χ2n) is 4.54. The van der Waals surface area contributed by atoms with Gasteiger partial charge in [0.25, 0.3) is 0 Å². The number of benzene rings is 1. The number of hydrogen-bond acceptors (Lipinski definition) is 2. The molecule has 1 aromatic rings. The zero-order valence-corrected chi connectivity index (χ0v) is 9.10. The van der Waals surface area contributed by atoms with Crippen molar-refractivity contribution in [3.8, 4) is 0 Å². The molecule has 0 bridgehead atoms. The molecule has 2 saturated heterocycles. The maximum Gasteiger partial charge on any atom is 0.0837 e. The van der Waals surface area contributed by atoms with Gasteiger partial charge in [-0.05, 0) is 31.4 Å². The fourth-order valence-corrected chi connectivity index (χ4v) is 2.71. The topological polar surface area (TPSA) is 6.48 Å². The molecule has 15 heavy (non-hydrogen) atoms. The van der Waals surface area contributed by atoms with Crippen molar-refractivity contribution >= 4 is 5.69 Å². The highest BCUT2D eigenvalue weighted by Crippen LogP contribution is 2.30. The van der Waals surface area contributed by atoms with E-state index in [1.807, 2.05) is 0 Å². The first-order chi connectivity index (χ1) is 7.45. The Kier molecular flexibility index (Phi) is 2.37. The summed E-state index contributed by atoms with van der Waals surface area (Å²) in [6, 6.07) is 10.8. The normalized spacial score (nSPS) is 26.7. The Balaban J connectivity index is 1.72. The molecule has 3 rings (SSSR count). The van der Waals surface area contributed by atoms with Crippen molar-refractivity contribution < 1.29 is 0 Å². The van der Waals surface area contributed by atoms with Gasteiger partial charge >= 0.3 is 0 Å². The van der Waals surface area contributed by atoms with Gasteiger partial charge in [0.15, 0.2) is 0 Å². The summed E-state index contributed by atoms with van der Waals surface area (Å²) in [5.74, 6) is 0. The van der Waals surface area contributed by atoms with Crippen LogP contribution in [0.4, 0.5) is 5.69 Å². The minimum Gasteiger partial charge on any atom is -0.356 e. The standard InChI is InChI=1S/C13H18N2/c1-2-6-12(7-3-1)15-11-8-13(15)14-9-4-5-10-14/h1-3,6-7,13H,4-5,8-11H2. The van der Waals surface area contributed by atoms with E-state index in [1.54, 1.807) is 0 Å². The average molecular weight is 202 g/mol. The van der Waals surface area contributed by atoms with Gasteiger partial charge in [0.05, 0.1) is 6.17 Å². The molecule has 0 N–H and O–H groups in total. The van der Waals surface area contributed by atoms with E-state index in [-0.39, 0.29) is 0 Å².